The van der Waals surface area contributed by atoms with Crippen LogP contribution in [0.25, 0.3) is 21.6 Å². The van der Waals surface area contributed by atoms with Gasteiger partial charge in [0.25, 0.3) is 5.91 Å². The number of carbonyl (C=O) groups excluding carboxylic acids is 1. The van der Waals surface area contributed by atoms with Gasteiger partial charge >= 0.3 is 0 Å². The number of aromatic nitrogens is 3. The normalized spacial score (nSPS) is 17.3. The fourth-order valence-electron chi connectivity index (χ4n) is 4.58. The van der Waals surface area contributed by atoms with Crippen LogP contribution in [0.2, 0.25) is 0 Å². The molecule has 1 saturated heterocycles. The summed E-state index contributed by atoms with van der Waals surface area (Å²) >= 11 is 1.55. The second-order valence-electron chi connectivity index (χ2n) is 8.63. The number of fused-ring (bicyclic) bond motifs is 1. The molecule has 1 aliphatic heterocycles. The van der Waals surface area contributed by atoms with E-state index in [4.69, 9.17) is 4.98 Å². The van der Waals surface area contributed by atoms with Crippen LogP contribution in [0.4, 0.5) is 0 Å². The van der Waals surface area contributed by atoms with E-state index < -0.39 is 9.84 Å². The minimum atomic E-state index is -3.07. The lowest BCUT2D eigenvalue weighted by atomic mass is 10.1. The summed E-state index contributed by atoms with van der Waals surface area (Å²) < 4.78 is 26.3. The highest BCUT2D eigenvalue weighted by Gasteiger charge is 2.32. The number of hydrogen-bond donors (Lipinski definition) is 1. The number of benzene rings is 1. The van der Waals surface area contributed by atoms with Gasteiger partial charge in [-0.15, -0.1) is 11.3 Å². The Morgan fingerprint density at radius 2 is 2.00 bits per heavy atom. The lowest BCUT2D eigenvalue weighted by Gasteiger charge is -2.14. The number of rotatable bonds is 7. The van der Waals surface area contributed by atoms with Gasteiger partial charge in [-0.1, -0.05) is 36.4 Å². The topological polar surface area (TPSA) is 93.9 Å². The maximum Gasteiger partial charge on any atom is 0.272 e. The van der Waals surface area contributed by atoms with Crippen molar-refractivity contribution in [1.82, 2.24) is 19.9 Å². The van der Waals surface area contributed by atoms with Crippen molar-refractivity contribution in [1.29, 1.82) is 0 Å². The summed E-state index contributed by atoms with van der Waals surface area (Å²) in [6.45, 7) is 2.39. The Kier molecular flexibility index (Phi) is 6.22. The molecule has 9 heteroatoms. The van der Waals surface area contributed by atoms with Crippen LogP contribution in [0.1, 0.15) is 40.8 Å². The van der Waals surface area contributed by atoms with E-state index in [0.29, 0.717) is 30.0 Å². The summed E-state index contributed by atoms with van der Waals surface area (Å²) in [5.74, 6) is 0.700. The van der Waals surface area contributed by atoms with Gasteiger partial charge in [0.15, 0.2) is 15.5 Å². The van der Waals surface area contributed by atoms with Crippen molar-refractivity contribution in [3.63, 3.8) is 0 Å². The SMILES string of the molecule is Cc1nc2c(C(=O)NCCCc3ccccc3)nc(-c3cccs3)cc2n1C1CCS(=O)(=O)C1. The Hall–Kier alpha value is -3.04. The number of hydrogen-bond acceptors (Lipinski definition) is 6. The van der Waals surface area contributed by atoms with Crippen molar-refractivity contribution in [2.75, 3.05) is 18.1 Å². The first kappa shape index (κ1) is 22.7. The van der Waals surface area contributed by atoms with Crippen LogP contribution in [0, 0.1) is 6.92 Å². The predicted molar refractivity (Wildman–Crippen MR) is 135 cm³/mol. The Balaban J connectivity index is 1.46. The van der Waals surface area contributed by atoms with Gasteiger partial charge in [-0.3, -0.25) is 4.79 Å². The molecule has 5 rings (SSSR count). The Morgan fingerprint density at radius 1 is 1.18 bits per heavy atom. The Morgan fingerprint density at radius 3 is 2.71 bits per heavy atom. The van der Waals surface area contributed by atoms with Gasteiger partial charge in [0.2, 0.25) is 0 Å². The van der Waals surface area contributed by atoms with Gasteiger partial charge in [0.1, 0.15) is 11.3 Å². The van der Waals surface area contributed by atoms with Gasteiger partial charge in [-0.05, 0) is 49.3 Å². The maximum atomic E-state index is 13.2. The third-order valence-electron chi connectivity index (χ3n) is 6.19. The van der Waals surface area contributed by atoms with E-state index in [1.54, 1.807) is 11.3 Å². The number of sulfone groups is 1. The number of amides is 1. The van der Waals surface area contributed by atoms with Crippen LogP contribution in [-0.4, -0.2) is 46.9 Å². The number of pyridine rings is 1. The zero-order valence-electron chi connectivity index (χ0n) is 18.9. The average molecular weight is 495 g/mol. The summed E-state index contributed by atoms with van der Waals surface area (Å²) in [6, 6.07) is 15.8. The highest BCUT2D eigenvalue weighted by molar-refractivity contribution is 7.91. The van der Waals surface area contributed by atoms with Crippen LogP contribution in [0.3, 0.4) is 0 Å². The highest BCUT2D eigenvalue weighted by Crippen LogP contribution is 2.33. The van der Waals surface area contributed by atoms with Crippen molar-refractivity contribution in [2.24, 2.45) is 0 Å². The zero-order chi connectivity index (χ0) is 23.7. The van der Waals surface area contributed by atoms with Gasteiger partial charge in [-0.25, -0.2) is 18.4 Å². The van der Waals surface area contributed by atoms with Gasteiger partial charge in [0, 0.05) is 6.54 Å². The molecule has 34 heavy (non-hydrogen) atoms. The third-order valence-corrected chi connectivity index (χ3v) is 8.83. The van der Waals surface area contributed by atoms with E-state index in [2.05, 4.69) is 22.4 Å². The minimum Gasteiger partial charge on any atom is -0.351 e. The third kappa shape index (κ3) is 4.63. The second-order valence-corrected chi connectivity index (χ2v) is 11.8. The number of carbonyl (C=O) groups is 1. The van der Waals surface area contributed by atoms with E-state index >= 15 is 0 Å². The van der Waals surface area contributed by atoms with Crippen molar-refractivity contribution in [2.45, 2.75) is 32.2 Å². The van der Waals surface area contributed by atoms with Crippen LogP contribution >= 0.6 is 11.3 Å². The molecule has 1 unspecified atom stereocenters. The number of thiophene rings is 1. The molecule has 4 heterocycles. The summed E-state index contributed by atoms with van der Waals surface area (Å²) in [5.41, 5.74) is 3.48. The molecular formula is C25H26N4O3S2. The van der Waals surface area contributed by atoms with Crippen molar-refractivity contribution in [3.05, 3.63) is 71.0 Å². The molecule has 0 spiro atoms. The van der Waals surface area contributed by atoms with E-state index in [9.17, 15) is 13.2 Å². The monoisotopic (exact) mass is 494 g/mol. The van der Waals surface area contributed by atoms with Crippen LogP contribution in [0.5, 0.6) is 0 Å². The Bertz CT molecular complexity index is 1430. The summed E-state index contributed by atoms with van der Waals surface area (Å²) in [7, 11) is -3.07. The molecule has 0 bridgehead atoms. The maximum absolute atomic E-state index is 13.2. The molecule has 3 aromatic heterocycles. The second kappa shape index (κ2) is 9.31. The summed E-state index contributed by atoms with van der Waals surface area (Å²) in [4.78, 5) is 23.5. The number of imidazole rings is 1. The van der Waals surface area contributed by atoms with Crippen molar-refractivity contribution < 1.29 is 13.2 Å². The zero-order valence-corrected chi connectivity index (χ0v) is 20.5. The predicted octanol–water partition coefficient (Wildman–Crippen LogP) is 4.19. The fourth-order valence-corrected chi connectivity index (χ4v) is 6.97. The van der Waals surface area contributed by atoms with E-state index in [-0.39, 0.29) is 29.1 Å². The Labute approximate surface area is 202 Å². The fraction of sp³-hybridized carbons (Fsp3) is 0.320. The highest BCUT2D eigenvalue weighted by atomic mass is 32.2. The molecule has 0 aliphatic carbocycles. The number of nitrogens with zero attached hydrogens (tertiary/aromatic N) is 3. The molecule has 1 aromatic carbocycles. The minimum absolute atomic E-state index is 0.0942. The smallest absolute Gasteiger partial charge is 0.272 e. The molecular weight excluding hydrogens is 468 g/mol. The van der Waals surface area contributed by atoms with Gasteiger partial charge in [0.05, 0.1) is 33.6 Å². The molecule has 7 nitrogen and oxygen atoms in total. The van der Waals surface area contributed by atoms with Crippen LogP contribution in [0.15, 0.2) is 53.9 Å². The first-order valence-electron chi connectivity index (χ1n) is 11.4. The molecule has 1 N–H and O–H groups in total. The molecule has 176 valence electrons. The molecule has 4 aromatic rings. The molecule has 0 radical (unpaired) electrons. The van der Waals surface area contributed by atoms with E-state index in [1.165, 1.54) is 5.56 Å². The quantitative estimate of drug-likeness (QED) is 0.389. The first-order valence-corrected chi connectivity index (χ1v) is 14.1. The lowest BCUT2D eigenvalue weighted by Crippen LogP contribution is -2.26. The summed E-state index contributed by atoms with van der Waals surface area (Å²) in [5, 5.41) is 4.97. The van der Waals surface area contributed by atoms with E-state index in [1.807, 2.05) is 53.3 Å². The van der Waals surface area contributed by atoms with Gasteiger partial charge in [-0.2, -0.15) is 0 Å². The molecule has 1 amide bonds. The average Bonchev–Trinajstić information content (AvgIpc) is 3.55. The standard InChI is InChI=1S/C25H26N4O3S2/c1-17-27-23-21(29(17)19-11-14-34(31,32)16-19)15-20(22-10-6-13-33-22)28-24(23)25(30)26-12-5-9-18-7-3-2-4-8-18/h2-4,6-8,10,13,15,19H,5,9,11-12,14,16H2,1H3,(H,26,30). The molecule has 1 fully saturated rings. The van der Waals surface area contributed by atoms with Crippen LogP contribution in [-0.2, 0) is 16.3 Å². The lowest BCUT2D eigenvalue weighted by molar-refractivity contribution is 0.0950. The van der Waals surface area contributed by atoms with Crippen LogP contribution < -0.4 is 5.32 Å². The number of aryl methyl sites for hydroxylation is 2. The first-order chi connectivity index (χ1) is 16.4. The van der Waals surface area contributed by atoms with Gasteiger partial charge < -0.3 is 9.88 Å². The summed E-state index contributed by atoms with van der Waals surface area (Å²) in [6.07, 6.45) is 2.24. The molecule has 1 aliphatic rings. The largest absolute Gasteiger partial charge is 0.351 e. The van der Waals surface area contributed by atoms with Crippen molar-refractivity contribution in [3.8, 4) is 10.6 Å². The van der Waals surface area contributed by atoms with Crippen molar-refractivity contribution >= 4 is 38.1 Å². The number of nitrogens with one attached hydrogen (secondary N) is 1. The molecule has 1 atom stereocenters. The molecule has 0 saturated carbocycles. The van der Waals surface area contributed by atoms with E-state index in [0.717, 1.165) is 23.2 Å².